The van der Waals surface area contributed by atoms with Crippen molar-refractivity contribution in [1.82, 2.24) is 20.3 Å². The maximum Gasteiger partial charge on any atom is 0.245 e. The van der Waals surface area contributed by atoms with Gasteiger partial charge in [-0.15, -0.1) is 0 Å². The number of hydrogen-bond acceptors (Lipinski definition) is 8. The van der Waals surface area contributed by atoms with Gasteiger partial charge in [0.2, 0.25) is 11.3 Å². The van der Waals surface area contributed by atoms with E-state index in [0.717, 1.165) is 37.7 Å². The van der Waals surface area contributed by atoms with Gasteiger partial charge in [-0.2, -0.15) is 0 Å². The molecule has 22 heavy (non-hydrogen) atoms. The van der Waals surface area contributed by atoms with Gasteiger partial charge in [-0.05, 0) is 29.6 Å². The Morgan fingerprint density at radius 1 is 0.864 bits per heavy atom. The van der Waals surface area contributed by atoms with Crippen LogP contribution in [0.4, 0.5) is 11.6 Å². The fraction of sp³-hybridized carbons (Fsp3) is 0.714. The smallest absolute Gasteiger partial charge is 0.245 e. The van der Waals surface area contributed by atoms with E-state index >= 15 is 0 Å². The SMILES string of the molecule is O[C@@H]1CCN(c2nc3nonc3nc2N2CCCCCC2)C1. The Morgan fingerprint density at radius 2 is 1.50 bits per heavy atom. The molecule has 2 aromatic heterocycles. The Labute approximate surface area is 128 Å². The molecular formula is C14H20N6O2. The zero-order valence-corrected chi connectivity index (χ0v) is 12.5. The second kappa shape index (κ2) is 5.68. The summed E-state index contributed by atoms with van der Waals surface area (Å²) >= 11 is 0. The van der Waals surface area contributed by atoms with Crippen LogP contribution in [-0.2, 0) is 0 Å². The number of nitrogens with zero attached hydrogens (tertiary/aromatic N) is 6. The van der Waals surface area contributed by atoms with Gasteiger partial charge in [-0.25, -0.2) is 14.6 Å². The average molecular weight is 304 g/mol. The minimum atomic E-state index is -0.301. The molecule has 4 rings (SSSR count). The summed E-state index contributed by atoms with van der Waals surface area (Å²) in [6.45, 7) is 3.34. The van der Waals surface area contributed by atoms with Crippen LogP contribution in [0.25, 0.3) is 11.3 Å². The quantitative estimate of drug-likeness (QED) is 0.877. The second-order valence-corrected chi connectivity index (χ2v) is 6.07. The molecule has 0 aromatic carbocycles. The third-order valence-electron chi connectivity index (χ3n) is 4.45. The van der Waals surface area contributed by atoms with Crippen LogP contribution in [0.3, 0.4) is 0 Å². The van der Waals surface area contributed by atoms with Crippen molar-refractivity contribution in [3.8, 4) is 0 Å². The molecule has 1 N–H and O–H groups in total. The van der Waals surface area contributed by atoms with Gasteiger partial charge in [0.1, 0.15) is 0 Å². The summed E-state index contributed by atoms with van der Waals surface area (Å²) in [4.78, 5) is 13.6. The fourth-order valence-electron chi connectivity index (χ4n) is 3.26. The van der Waals surface area contributed by atoms with Crippen LogP contribution in [0.15, 0.2) is 4.63 Å². The Balaban J connectivity index is 1.76. The summed E-state index contributed by atoms with van der Waals surface area (Å²) in [5.74, 6) is 1.64. The minimum absolute atomic E-state index is 0.301. The maximum absolute atomic E-state index is 9.83. The first kappa shape index (κ1) is 13.7. The number of anilines is 2. The molecule has 2 aliphatic heterocycles. The molecule has 8 nitrogen and oxygen atoms in total. The fourth-order valence-corrected chi connectivity index (χ4v) is 3.26. The van der Waals surface area contributed by atoms with E-state index < -0.39 is 0 Å². The van der Waals surface area contributed by atoms with Crippen molar-refractivity contribution in [1.29, 1.82) is 0 Å². The van der Waals surface area contributed by atoms with Crippen molar-refractivity contribution in [2.45, 2.75) is 38.2 Å². The summed E-state index contributed by atoms with van der Waals surface area (Å²) in [5.41, 5.74) is 0.873. The molecule has 0 bridgehead atoms. The monoisotopic (exact) mass is 304 g/mol. The molecule has 8 heteroatoms. The van der Waals surface area contributed by atoms with Crippen LogP contribution in [0, 0.1) is 0 Å². The van der Waals surface area contributed by atoms with E-state index in [4.69, 9.17) is 4.63 Å². The van der Waals surface area contributed by atoms with Gasteiger partial charge in [0.25, 0.3) is 0 Å². The number of aliphatic hydroxyl groups excluding tert-OH is 1. The highest BCUT2D eigenvalue weighted by molar-refractivity contribution is 5.75. The van der Waals surface area contributed by atoms with Crippen LogP contribution in [0.2, 0.25) is 0 Å². The minimum Gasteiger partial charge on any atom is -0.391 e. The van der Waals surface area contributed by atoms with E-state index in [-0.39, 0.29) is 6.10 Å². The van der Waals surface area contributed by atoms with E-state index in [1.807, 2.05) is 0 Å². The molecule has 0 spiro atoms. The lowest BCUT2D eigenvalue weighted by Gasteiger charge is -2.26. The van der Waals surface area contributed by atoms with Gasteiger partial charge in [0, 0.05) is 26.2 Å². The van der Waals surface area contributed by atoms with Crippen molar-refractivity contribution in [2.75, 3.05) is 36.0 Å². The standard InChI is InChI=1S/C14H20N6O2/c21-10-5-8-20(9-10)14-13(19-6-3-1-2-4-7-19)15-11-12(16-14)18-22-17-11/h10,21H,1-9H2/t10-/m1/s1. The normalized spacial score (nSPS) is 23.2. The van der Waals surface area contributed by atoms with Crippen LogP contribution < -0.4 is 9.80 Å². The summed E-state index contributed by atoms with van der Waals surface area (Å²) < 4.78 is 4.76. The molecule has 2 fully saturated rings. The molecule has 2 aliphatic rings. The lowest BCUT2D eigenvalue weighted by atomic mass is 10.2. The molecule has 4 heterocycles. The molecule has 2 aromatic rings. The Kier molecular flexibility index (Phi) is 3.53. The summed E-state index contributed by atoms with van der Waals surface area (Å²) in [6, 6.07) is 0. The second-order valence-electron chi connectivity index (χ2n) is 6.07. The molecule has 0 radical (unpaired) electrons. The van der Waals surface area contributed by atoms with E-state index in [2.05, 4.69) is 30.1 Å². The van der Waals surface area contributed by atoms with Crippen molar-refractivity contribution in [2.24, 2.45) is 0 Å². The Morgan fingerprint density at radius 3 is 2.09 bits per heavy atom. The number of β-amino-alcohol motifs (C(OH)–C–C–N with tert-alkyl or cyclic N) is 1. The molecule has 0 unspecified atom stereocenters. The van der Waals surface area contributed by atoms with Crippen LogP contribution in [0.1, 0.15) is 32.1 Å². The molecule has 0 amide bonds. The molecule has 118 valence electrons. The van der Waals surface area contributed by atoms with Crippen LogP contribution in [-0.4, -0.2) is 57.7 Å². The first-order valence-electron chi connectivity index (χ1n) is 7.99. The van der Waals surface area contributed by atoms with Crippen molar-refractivity contribution >= 4 is 22.9 Å². The highest BCUT2D eigenvalue weighted by Crippen LogP contribution is 2.31. The third-order valence-corrected chi connectivity index (χ3v) is 4.45. The third kappa shape index (κ3) is 2.47. The van der Waals surface area contributed by atoms with Gasteiger partial charge in [0.05, 0.1) is 6.10 Å². The van der Waals surface area contributed by atoms with E-state index in [9.17, 15) is 5.11 Å². The summed E-state index contributed by atoms with van der Waals surface area (Å²) in [6.07, 6.45) is 5.31. The van der Waals surface area contributed by atoms with Gasteiger partial charge in [0.15, 0.2) is 11.6 Å². The first-order chi connectivity index (χ1) is 10.8. The molecule has 0 saturated carbocycles. The summed E-state index contributed by atoms with van der Waals surface area (Å²) in [7, 11) is 0. The highest BCUT2D eigenvalue weighted by Gasteiger charge is 2.28. The number of aliphatic hydroxyl groups is 1. The predicted octanol–water partition coefficient (Wildman–Crippen LogP) is 0.964. The van der Waals surface area contributed by atoms with Gasteiger partial charge < -0.3 is 14.9 Å². The van der Waals surface area contributed by atoms with Crippen molar-refractivity contribution in [3.63, 3.8) is 0 Å². The molecule has 1 atom stereocenters. The zero-order valence-electron chi connectivity index (χ0n) is 12.5. The summed E-state index contributed by atoms with van der Waals surface area (Å²) in [5, 5.41) is 17.5. The van der Waals surface area contributed by atoms with Crippen molar-refractivity contribution in [3.05, 3.63) is 0 Å². The van der Waals surface area contributed by atoms with Crippen molar-refractivity contribution < 1.29 is 9.74 Å². The predicted molar refractivity (Wildman–Crippen MR) is 80.9 cm³/mol. The maximum atomic E-state index is 9.83. The number of hydrogen-bond donors (Lipinski definition) is 1. The number of fused-ring (bicyclic) bond motifs is 1. The first-order valence-corrected chi connectivity index (χ1v) is 7.99. The van der Waals surface area contributed by atoms with E-state index in [1.165, 1.54) is 25.7 Å². The number of rotatable bonds is 2. The molecule has 0 aliphatic carbocycles. The molecular weight excluding hydrogens is 284 g/mol. The number of aromatic nitrogens is 4. The molecule has 2 saturated heterocycles. The van der Waals surface area contributed by atoms with Gasteiger partial charge >= 0.3 is 0 Å². The van der Waals surface area contributed by atoms with Crippen LogP contribution in [0.5, 0.6) is 0 Å². The Hall–Kier alpha value is -1.96. The lowest BCUT2D eigenvalue weighted by Crippen LogP contribution is -2.30. The van der Waals surface area contributed by atoms with Crippen LogP contribution >= 0.6 is 0 Å². The average Bonchev–Trinajstić information content (AvgIpc) is 3.07. The topological polar surface area (TPSA) is 91.4 Å². The Bertz CT molecular complexity index is 652. The lowest BCUT2D eigenvalue weighted by molar-refractivity contribution is 0.198. The van der Waals surface area contributed by atoms with E-state index in [1.54, 1.807) is 0 Å². The highest BCUT2D eigenvalue weighted by atomic mass is 16.6. The zero-order chi connectivity index (χ0) is 14.9. The van der Waals surface area contributed by atoms with E-state index in [0.29, 0.717) is 17.8 Å². The largest absolute Gasteiger partial charge is 0.391 e. The van der Waals surface area contributed by atoms with Gasteiger partial charge in [-0.1, -0.05) is 12.8 Å². The van der Waals surface area contributed by atoms with Gasteiger partial charge in [-0.3, -0.25) is 0 Å².